The predicted octanol–water partition coefficient (Wildman–Crippen LogP) is 5.68. The van der Waals surface area contributed by atoms with Gasteiger partial charge in [0.05, 0.1) is 10.6 Å². The zero-order valence-corrected chi connectivity index (χ0v) is 16.4. The summed E-state index contributed by atoms with van der Waals surface area (Å²) in [4.78, 5) is 13.5. The van der Waals surface area contributed by atoms with Crippen LogP contribution in [0.25, 0.3) is 21.5 Å². The first-order valence-electron chi connectivity index (χ1n) is 8.96. The van der Waals surface area contributed by atoms with Gasteiger partial charge in [-0.25, -0.2) is 9.18 Å². The number of carbonyl (C=O) groups is 1. The lowest BCUT2D eigenvalue weighted by molar-refractivity contribution is 0.252. The number of para-hydroxylation sites is 1. The van der Waals surface area contributed by atoms with E-state index in [2.05, 4.69) is 33.4 Å². The van der Waals surface area contributed by atoms with E-state index in [0.29, 0.717) is 17.8 Å². The van der Waals surface area contributed by atoms with Crippen LogP contribution in [-0.4, -0.2) is 10.6 Å². The first-order chi connectivity index (χ1) is 13.5. The van der Waals surface area contributed by atoms with Gasteiger partial charge in [0.15, 0.2) is 0 Å². The molecule has 0 aliphatic heterocycles. The van der Waals surface area contributed by atoms with E-state index in [-0.39, 0.29) is 11.8 Å². The number of amides is 2. The number of aryl methyl sites for hydroxylation is 2. The number of nitrogens with zero attached hydrogens (tertiary/aromatic N) is 1. The van der Waals surface area contributed by atoms with Crippen molar-refractivity contribution in [3.8, 4) is 10.6 Å². The van der Waals surface area contributed by atoms with Crippen LogP contribution < -0.4 is 10.6 Å². The molecule has 0 saturated carbocycles. The third-order valence-electron chi connectivity index (χ3n) is 4.82. The molecular formula is C22H20FN3OS. The highest BCUT2D eigenvalue weighted by molar-refractivity contribution is 7.13. The van der Waals surface area contributed by atoms with Crippen molar-refractivity contribution in [1.82, 2.24) is 9.88 Å². The lowest BCUT2D eigenvalue weighted by Gasteiger charge is -2.10. The Hall–Kier alpha value is -3.12. The fourth-order valence-corrected chi connectivity index (χ4v) is 4.23. The van der Waals surface area contributed by atoms with Crippen LogP contribution in [0, 0.1) is 12.7 Å². The number of carbonyl (C=O) groups excluding carboxylic acids is 1. The van der Waals surface area contributed by atoms with Crippen LogP contribution in [0.3, 0.4) is 0 Å². The molecule has 0 aliphatic carbocycles. The zero-order chi connectivity index (χ0) is 19.7. The highest BCUT2D eigenvalue weighted by Gasteiger charge is 2.17. The number of aromatic nitrogens is 1. The maximum Gasteiger partial charge on any atom is 0.319 e. The minimum absolute atomic E-state index is 0.341. The van der Waals surface area contributed by atoms with Crippen LogP contribution in [0.2, 0.25) is 0 Å². The second kappa shape index (κ2) is 7.48. The van der Waals surface area contributed by atoms with Crippen molar-refractivity contribution in [1.29, 1.82) is 0 Å². The molecule has 0 aliphatic rings. The maximum absolute atomic E-state index is 13.7. The van der Waals surface area contributed by atoms with Gasteiger partial charge in [-0.3, -0.25) is 0 Å². The normalized spacial score (nSPS) is 11.0. The largest absolute Gasteiger partial charge is 0.343 e. The van der Waals surface area contributed by atoms with E-state index < -0.39 is 0 Å². The van der Waals surface area contributed by atoms with E-state index in [1.165, 1.54) is 6.07 Å². The van der Waals surface area contributed by atoms with Crippen molar-refractivity contribution in [2.24, 2.45) is 7.05 Å². The Bertz CT molecular complexity index is 1150. The maximum atomic E-state index is 13.7. The molecule has 6 heteroatoms. The van der Waals surface area contributed by atoms with Crippen molar-refractivity contribution in [2.75, 3.05) is 5.32 Å². The molecule has 0 saturated heterocycles. The van der Waals surface area contributed by atoms with Gasteiger partial charge in [0.2, 0.25) is 0 Å². The number of benzene rings is 2. The molecule has 2 heterocycles. The average molecular weight is 393 g/mol. The Morgan fingerprint density at radius 3 is 2.71 bits per heavy atom. The summed E-state index contributed by atoms with van der Waals surface area (Å²) in [5.74, 6) is -0.341. The van der Waals surface area contributed by atoms with E-state index >= 15 is 0 Å². The van der Waals surface area contributed by atoms with Crippen LogP contribution in [0.15, 0.2) is 60.0 Å². The van der Waals surface area contributed by atoms with Crippen molar-refractivity contribution in [3.05, 3.63) is 76.9 Å². The molecule has 4 aromatic rings. The lowest BCUT2D eigenvalue weighted by Crippen LogP contribution is -2.28. The van der Waals surface area contributed by atoms with Gasteiger partial charge in [-0.1, -0.05) is 30.3 Å². The molecule has 0 unspecified atom stereocenters. The summed E-state index contributed by atoms with van der Waals surface area (Å²) < 4.78 is 15.9. The molecule has 0 fully saturated rings. The van der Waals surface area contributed by atoms with Crippen LogP contribution >= 0.6 is 11.3 Å². The zero-order valence-electron chi connectivity index (χ0n) is 15.6. The van der Waals surface area contributed by atoms with Gasteiger partial charge in [-0.15, -0.1) is 11.3 Å². The summed E-state index contributed by atoms with van der Waals surface area (Å²) in [5.41, 5.74) is 4.24. The Kier molecular flexibility index (Phi) is 4.88. The number of halogens is 1. The van der Waals surface area contributed by atoms with Crippen LogP contribution in [-0.2, 0) is 13.6 Å². The number of thiophene rings is 1. The van der Waals surface area contributed by atoms with E-state index in [4.69, 9.17) is 0 Å². The third kappa shape index (κ3) is 3.39. The van der Waals surface area contributed by atoms with Gasteiger partial charge in [0, 0.05) is 35.7 Å². The molecule has 2 aromatic heterocycles. The van der Waals surface area contributed by atoms with E-state index in [1.54, 1.807) is 30.4 Å². The smallest absolute Gasteiger partial charge is 0.319 e. The van der Waals surface area contributed by atoms with E-state index in [1.807, 2.05) is 30.6 Å². The summed E-state index contributed by atoms with van der Waals surface area (Å²) in [5, 5.41) is 8.75. The highest BCUT2D eigenvalue weighted by atomic mass is 32.1. The SMILES string of the molecule is Cc1ccc(NC(=O)NCc2c(-c3cccs3)n(C)c3ccccc23)cc1F. The molecule has 0 radical (unpaired) electrons. The summed E-state index contributed by atoms with van der Waals surface area (Å²) in [6, 6.07) is 16.5. The Labute approximate surface area is 166 Å². The monoisotopic (exact) mass is 393 g/mol. The standard InChI is InChI=1S/C22H20FN3OS/c1-14-9-10-15(12-18(14)23)25-22(27)24-13-17-16-6-3-4-7-19(16)26(2)21(17)20-8-5-11-28-20/h3-12H,13H2,1-2H3,(H2,24,25,27). The quantitative estimate of drug-likeness (QED) is 0.461. The number of nitrogens with one attached hydrogen (secondary N) is 2. The molecule has 142 valence electrons. The number of rotatable bonds is 4. The molecule has 2 amide bonds. The summed E-state index contributed by atoms with van der Waals surface area (Å²) in [6.07, 6.45) is 0. The molecule has 0 atom stereocenters. The van der Waals surface area contributed by atoms with Crippen molar-refractivity contribution < 1.29 is 9.18 Å². The van der Waals surface area contributed by atoms with Gasteiger partial charge in [-0.05, 0) is 42.1 Å². The van der Waals surface area contributed by atoms with Gasteiger partial charge in [-0.2, -0.15) is 0 Å². The average Bonchev–Trinajstić information content (AvgIpc) is 3.30. The van der Waals surface area contributed by atoms with Crippen LogP contribution in [0.4, 0.5) is 14.9 Å². The Balaban J connectivity index is 1.60. The summed E-state index contributed by atoms with van der Waals surface area (Å²) >= 11 is 1.67. The Morgan fingerprint density at radius 1 is 1.14 bits per heavy atom. The van der Waals surface area contributed by atoms with Gasteiger partial charge >= 0.3 is 6.03 Å². The predicted molar refractivity (Wildman–Crippen MR) is 113 cm³/mol. The summed E-state index contributed by atoms with van der Waals surface area (Å²) in [7, 11) is 2.04. The second-order valence-electron chi connectivity index (χ2n) is 6.65. The fourth-order valence-electron chi connectivity index (χ4n) is 3.39. The molecule has 0 bridgehead atoms. The van der Waals surface area contributed by atoms with E-state index in [9.17, 15) is 9.18 Å². The second-order valence-corrected chi connectivity index (χ2v) is 7.60. The van der Waals surface area contributed by atoms with Gasteiger partial charge in [0.1, 0.15) is 5.82 Å². The minimum atomic E-state index is -0.367. The first-order valence-corrected chi connectivity index (χ1v) is 9.83. The number of anilines is 1. The van der Waals surface area contributed by atoms with Crippen LogP contribution in [0.5, 0.6) is 0 Å². The number of hydrogen-bond acceptors (Lipinski definition) is 2. The lowest BCUT2D eigenvalue weighted by atomic mass is 10.1. The van der Waals surface area contributed by atoms with Crippen molar-refractivity contribution in [3.63, 3.8) is 0 Å². The third-order valence-corrected chi connectivity index (χ3v) is 5.70. The van der Waals surface area contributed by atoms with Gasteiger partial charge in [0.25, 0.3) is 0 Å². The molecule has 0 spiro atoms. The van der Waals surface area contributed by atoms with E-state index in [0.717, 1.165) is 27.0 Å². The molecule has 2 N–H and O–H groups in total. The summed E-state index contributed by atoms with van der Waals surface area (Å²) in [6.45, 7) is 2.06. The molecule has 28 heavy (non-hydrogen) atoms. The number of fused-ring (bicyclic) bond motifs is 1. The molecule has 4 rings (SSSR count). The molecule has 2 aromatic carbocycles. The van der Waals surface area contributed by atoms with Crippen LogP contribution in [0.1, 0.15) is 11.1 Å². The highest BCUT2D eigenvalue weighted by Crippen LogP contribution is 2.35. The minimum Gasteiger partial charge on any atom is -0.343 e. The molecular weight excluding hydrogens is 373 g/mol. The number of urea groups is 1. The van der Waals surface area contributed by atoms with Gasteiger partial charge < -0.3 is 15.2 Å². The van der Waals surface area contributed by atoms with Crippen molar-refractivity contribution in [2.45, 2.75) is 13.5 Å². The molecule has 4 nitrogen and oxygen atoms in total. The first kappa shape index (κ1) is 18.3. The topological polar surface area (TPSA) is 46.1 Å². The Morgan fingerprint density at radius 2 is 1.96 bits per heavy atom. The number of hydrogen-bond donors (Lipinski definition) is 2. The fraction of sp³-hybridized carbons (Fsp3) is 0.136. The van der Waals surface area contributed by atoms with Crippen molar-refractivity contribution >= 4 is 34.0 Å².